The fourth-order valence-corrected chi connectivity index (χ4v) is 3.54. The number of H-pyrrole nitrogens is 1. The molecule has 2 saturated heterocycles. The summed E-state index contributed by atoms with van der Waals surface area (Å²) in [5, 5.41) is 3.71. The van der Waals surface area contributed by atoms with Crippen molar-refractivity contribution in [2.45, 2.75) is 64.1 Å². The molecule has 1 aromatic rings. The lowest BCUT2D eigenvalue weighted by molar-refractivity contribution is 0.347. The molecule has 2 unspecified atom stereocenters. The molecule has 0 aliphatic carbocycles. The van der Waals surface area contributed by atoms with Gasteiger partial charge in [-0.25, -0.2) is 4.98 Å². The first kappa shape index (κ1) is 12.0. The fraction of sp³-hybridized carbons (Fsp3) is 0.786. The quantitative estimate of drug-likeness (QED) is 0.857. The smallest absolute Gasteiger partial charge is 0.203 e. The Kier molecular flexibility index (Phi) is 3.29. The zero-order chi connectivity index (χ0) is 12.5. The highest BCUT2D eigenvalue weighted by molar-refractivity contribution is 5.33. The Morgan fingerprint density at radius 2 is 2.00 bits per heavy atom. The fourth-order valence-electron chi connectivity index (χ4n) is 3.54. The van der Waals surface area contributed by atoms with Crippen molar-refractivity contribution in [1.29, 1.82) is 0 Å². The monoisotopic (exact) mass is 248 g/mol. The molecular formula is C14H24N4. The number of piperidine rings is 1. The maximum Gasteiger partial charge on any atom is 0.203 e. The standard InChI is InChI=1S/C14H24N4/c1-3-10-9-15-14(17-10)18(4-2)13-7-11-5-6-12(8-13)16-11/h9,11-13,16H,3-8H2,1-2H3,(H,15,17). The molecule has 0 spiro atoms. The van der Waals surface area contributed by atoms with Crippen molar-refractivity contribution in [3.8, 4) is 0 Å². The number of hydrogen-bond donors (Lipinski definition) is 2. The van der Waals surface area contributed by atoms with Crippen molar-refractivity contribution in [2.75, 3.05) is 11.4 Å². The second-order valence-corrected chi connectivity index (χ2v) is 5.63. The molecule has 2 aliphatic rings. The molecule has 4 heteroatoms. The SMILES string of the molecule is CCc1cnc(N(CC)C2CC3CCC(C2)N3)[nH]1. The molecule has 3 rings (SSSR count). The zero-order valence-corrected chi connectivity index (χ0v) is 11.4. The van der Waals surface area contributed by atoms with Crippen LogP contribution < -0.4 is 10.2 Å². The summed E-state index contributed by atoms with van der Waals surface area (Å²) < 4.78 is 0. The van der Waals surface area contributed by atoms with Crippen LogP contribution in [0.25, 0.3) is 0 Å². The van der Waals surface area contributed by atoms with Crippen molar-refractivity contribution >= 4 is 5.95 Å². The molecule has 2 N–H and O–H groups in total. The minimum absolute atomic E-state index is 0.657. The highest BCUT2D eigenvalue weighted by Crippen LogP contribution is 2.31. The van der Waals surface area contributed by atoms with Gasteiger partial charge in [-0.3, -0.25) is 0 Å². The molecule has 0 amide bonds. The van der Waals surface area contributed by atoms with Crippen LogP contribution in [0.4, 0.5) is 5.95 Å². The molecular weight excluding hydrogens is 224 g/mol. The summed E-state index contributed by atoms with van der Waals surface area (Å²) in [6.07, 6.45) is 8.27. The second kappa shape index (κ2) is 4.92. The molecule has 18 heavy (non-hydrogen) atoms. The van der Waals surface area contributed by atoms with E-state index in [1.807, 2.05) is 6.20 Å². The molecule has 0 aromatic carbocycles. The van der Waals surface area contributed by atoms with E-state index in [0.717, 1.165) is 31.0 Å². The van der Waals surface area contributed by atoms with Crippen molar-refractivity contribution in [3.63, 3.8) is 0 Å². The Morgan fingerprint density at radius 3 is 2.56 bits per heavy atom. The normalized spacial score (nSPS) is 30.7. The van der Waals surface area contributed by atoms with E-state index in [2.05, 4.69) is 34.0 Å². The number of nitrogens with zero attached hydrogens (tertiary/aromatic N) is 2. The number of aryl methyl sites for hydroxylation is 1. The van der Waals surface area contributed by atoms with Gasteiger partial charge in [0.25, 0.3) is 0 Å². The summed E-state index contributed by atoms with van der Waals surface area (Å²) >= 11 is 0. The maximum atomic E-state index is 4.55. The lowest BCUT2D eigenvalue weighted by Gasteiger charge is -2.37. The zero-order valence-electron chi connectivity index (χ0n) is 11.4. The van der Waals surface area contributed by atoms with Gasteiger partial charge in [0.1, 0.15) is 0 Å². The van der Waals surface area contributed by atoms with Crippen LogP contribution in [0, 0.1) is 0 Å². The van der Waals surface area contributed by atoms with E-state index in [1.54, 1.807) is 0 Å². The molecule has 0 radical (unpaired) electrons. The second-order valence-electron chi connectivity index (χ2n) is 5.63. The molecule has 2 bridgehead atoms. The molecule has 2 atom stereocenters. The van der Waals surface area contributed by atoms with Gasteiger partial charge in [-0.15, -0.1) is 0 Å². The first-order chi connectivity index (χ1) is 8.80. The third-order valence-corrected chi connectivity index (χ3v) is 4.50. The average molecular weight is 248 g/mol. The minimum Gasteiger partial charge on any atom is -0.340 e. The van der Waals surface area contributed by atoms with Crippen LogP contribution >= 0.6 is 0 Å². The lowest BCUT2D eigenvalue weighted by Crippen LogP contribution is -2.48. The van der Waals surface area contributed by atoms with Crippen LogP contribution in [-0.4, -0.2) is 34.6 Å². The molecule has 2 aliphatic heterocycles. The topological polar surface area (TPSA) is 44.0 Å². The van der Waals surface area contributed by atoms with Gasteiger partial charge in [0.15, 0.2) is 0 Å². The Bertz CT molecular complexity index is 388. The van der Waals surface area contributed by atoms with Gasteiger partial charge in [-0.05, 0) is 39.0 Å². The molecule has 0 saturated carbocycles. The highest BCUT2D eigenvalue weighted by Gasteiger charge is 2.36. The van der Waals surface area contributed by atoms with Crippen molar-refractivity contribution in [2.24, 2.45) is 0 Å². The van der Waals surface area contributed by atoms with Gasteiger partial charge in [0.05, 0.1) is 6.20 Å². The van der Waals surface area contributed by atoms with Gasteiger partial charge in [0.2, 0.25) is 5.95 Å². The molecule has 2 fully saturated rings. The molecule has 100 valence electrons. The first-order valence-electron chi connectivity index (χ1n) is 7.36. The predicted molar refractivity (Wildman–Crippen MR) is 74.0 cm³/mol. The lowest BCUT2D eigenvalue weighted by atomic mass is 9.98. The van der Waals surface area contributed by atoms with Crippen LogP contribution in [0.2, 0.25) is 0 Å². The van der Waals surface area contributed by atoms with Crippen LogP contribution in [-0.2, 0) is 6.42 Å². The number of nitrogens with one attached hydrogen (secondary N) is 2. The third kappa shape index (κ3) is 2.14. The molecule has 1 aromatic heterocycles. The summed E-state index contributed by atoms with van der Waals surface area (Å²) in [7, 11) is 0. The maximum absolute atomic E-state index is 4.55. The van der Waals surface area contributed by atoms with E-state index < -0.39 is 0 Å². The summed E-state index contributed by atoms with van der Waals surface area (Å²) in [6, 6.07) is 2.14. The van der Waals surface area contributed by atoms with Gasteiger partial charge >= 0.3 is 0 Å². The summed E-state index contributed by atoms with van der Waals surface area (Å²) in [6.45, 7) is 5.44. The van der Waals surface area contributed by atoms with Crippen molar-refractivity contribution < 1.29 is 0 Å². The summed E-state index contributed by atoms with van der Waals surface area (Å²) in [5.74, 6) is 1.07. The van der Waals surface area contributed by atoms with Gasteiger partial charge in [-0.1, -0.05) is 6.92 Å². The van der Waals surface area contributed by atoms with Gasteiger partial charge in [0, 0.05) is 30.4 Å². The molecule has 4 nitrogen and oxygen atoms in total. The Morgan fingerprint density at radius 1 is 1.28 bits per heavy atom. The summed E-state index contributed by atoms with van der Waals surface area (Å²) in [4.78, 5) is 10.5. The van der Waals surface area contributed by atoms with Crippen LogP contribution in [0.1, 0.15) is 45.2 Å². The Balaban J connectivity index is 1.75. The number of aromatic nitrogens is 2. The minimum atomic E-state index is 0.657. The van der Waals surface area contributed by atoms with E-state index in [9.17, 15) is 0 Å². The molecule has 3 heterocycles. The predicted octanol–water partition coefficient (Wildman–Crippen LogP) is 2.08. The van der Waals surface area contributed by atoms with Gasteiger partial charge < -0.3 is 15.2 Å². The van der Waals surface area contributed by atoms with Crippen molar-refractivity contribution in [1.82, 2.24) is 15.3 Å². The van der Waals surface area contributed by atoms with E-state index in [4.69, 9.17) is 0 Å². The highest BCUT2D eigenvalue weighted by atomic mass is 15.3. The largest absolute Gasteiger partial charge is 0.340 e. The average Bonchev–Trinajstić information content (AvgIpc) is 2.98. The third-order valence-electron chi connectivity index (χ3n) is 4.50. The number of aromatic amines is 1. The summed E-state index contributed by atoms with van der Waals surface area (Å²) in [5.41, 5.74) is 1.24. The number of rotatable bonds is 4. The van der Waals surface area contributed by atoms with Gasteiger partial charge in [-0.2, -0.15) is 0 Å². The van der Waals surface area contributed by atoms with Crippen LogP contribution in [0.5, 0.6) is 0 Å². The number of fused-ring (bicyclic) bond motifs is 2. The number of hydrogen-bond acceptors (Lipinski definition) is 3. The van der Waals surface area contributed by atoms with Crippen LogP contribution in [0.15, 0.2) is 6.20 Å². The van der Waals surface area contributed by atoms with Crippen LogP contribution in [0.3, 0.4) is 0 Å². The number of anilines is 1. The van der Waals surface area contributed by atoms with E-state index in [-0.39, 0.29) is 0 Å². The number of imidazole rings is 1. The van der Waals surface area contributed by atoms with E-state index in [1.165, 1.54) is 31.4 Å². The van der Waals surface area contributed by atoms with Crippen molar-refractivity contribution in [3.05, 3.63) is 11.9 Å². The Labute approximate surface area is 109 Å². The van der Waals surface area contributed by atoms with E-state index in [0.29, 0.717) is 6.04 Å². The first-order valence-corrected chi connectivity index (χ1v) is 7.36. The Hall–Kier alpha value is -1.03. The van der Waals surface area contributed by atoms with E-state index >= 15 is 0 Å².